The fraction of sp³-hybridized carbons (Fsp3) is 0.200. The second kappa shape index (κ2) is 8.06. The third-order valence-corrected chi connectivity index (χ3v) is 5.53. The van der Waals surface area contributed by atoms with Crippen molar-refractivity contribution in [2.75, 3.05) is 12.4 Å². The second-order valence-corrected chi connectivity index (χ2v) is 8.08. The lowest BCUT2D eigenvalue weighted by Crippen LogP contribution is -2.33. The molecule has 1 aliphatic heterocycles. The normalized spacial score (nSPS) is 15.6. The van der Waals surface area contributed by atoms with Crippen molar-refractivity contribution >= 4 is 33.6 Å². The summed E-state index contributed by atoms with van der Waals surface area (Å²) in [5.74, 6) is -0.481. The molecule has 8 nitrogen and oxygen atoms in total. The zero-order chi connectivity index (χ0) is 21.2. The van der Waals surface area contributed by atoms with Crippen LogP contribution in [0.15, 0.2) is 53.6 Å². The number of rotatable bonds is 5. The average molecular weight is 415 g/mol. The molecule has 0 radical (unpaired) electrons. The van der Waals surface area contributed by atoms with Gasteiger partial charge in [0.2, 0.25) is 21.8 Å². The molecule has 3 rings (SSSR count). The first-order chi connectivity index (χ1) is 13.7. The number of hydrogen-bond donors (Lipinski definition) is 2. The maximum atomic E-state index is 12.7. The first kappa shape index (κ1) is 20.6. The number of sulfonamides is 1. The quantitative estimate of drug-likeness (QED) is 0.776. The molecule has 29 heavy (non-hydrogen) atoms. The third-order valence-electron chi connectivity index (χ3n) is 4.60. The van der Waals surface area contributed by atoms with Crippen LogP contribution in [0, 0.1) is 0 Å². The van der Waals surface area contributed by atoms with E-state index in [1.165, 1.54) is 37.1 Å². The SMILES string of the molecule is COc1ccc(NC(=O)C[C@@H]2c3ccccc3C=CN2C(C)=O)cc1S(N)(=O)=O. The Morgan fingerprint density at radius 1 is 1.21 bits per heavy atom. The summed E-state index contributed by atoms with van der Waals surface area (Å²) in [6, 6.07) is 11.2. The Bertz CT molecular complexity index is 1100. The fourth-order valence-electron chi connectivity index (χ4n) is 3.28. The first-order valence-corrected chi connectivity index (χ1v) is 10.3. The van der Waals surface area contributed by atoms with Crippen LogP contribution in [0.1, 0.15) is 30.5 Å². The summed E-state index contributed by atoms with van der Waals surface area (Å²) >= 11 is 0. The molecule has 0 aliphatic carbocycles. The number of nitrogens with two attached hydrogens (primary N) is 1. The van der Waals surface area contributed by atoms with Crippen molar-refractivity contribution < 1.29 is 22.7 Å². The summed E-state index contributed by atoms with van der Waals surface area (Å²) in [5.41, 5.74) is 2.05. The number of fused-ring (bicyclic) bond motifs is 1. The minimum atomic E-state index is -4.03. The number of amides is 2. The molecule has 9 heteroatoms. The van der Waals surface area contributed by atoms with Crippen LogP contribution in [0.3, 0.4) is 0 Å². The van der Waals surface area contributed by atoms with E-state index in [0.29, 0.717) is 0 Å². The van der Waals surface area contributed by atoms with Gasteiger partial charge in [-0.15, -0.1) is 0 Å². The summed E-state index contributed by atoms with van der Waals surface area (Å²) in [6.07, 6.45) is 3.49. The van der Waals surface area contributed by atoms with Gasteiger partial charge in [0.15, 0.2) is 0 Å². The molecule has 0 spiro atoms. The van der Waals surface area contributed by atoms with Crippen molar-refractivity contribution in [2.45, 2.75) is 24.3 Å². The number of anilines is 1. The summed E-state index contributed by atoms with van der Waals surface area (Å²) in [6.45, 7) is 1.44. The number of ether oxygens (including phenoxy) is 1. The highest BCUT2D eigenvalue weighted by Gasteiger charge is 2.28. The maximum absolute atomic E-state index is 12.7. The molecule has 0 saturated heterocycles. The van der Waals surface area contributed by atoms with Gasteiger partial charge in [0.25, 0.3) is 0 Å². The lowest BCUT2D eigenvalue weighted by Gasteiger charge is -2.32. The van der Waals surface area contributed by atoms with E-state index in [1.54, 1.807) is 6.20 Å². The topological polar surface area (TPSA) is 119 Å². The molecule has 1 aliphatic rings. The van der Waals surface area contributed by atoms with Gasteiger partial charge in [0.05, 0.1) is 19.6 Å². The van der Waals surface area contributed by atoms with Crippen molar-refractivity contribution in [3.05, 3.63) is 59.8 Å². The Morgan fingerprint density at radius 3 is 2.59 bits per heavy atom. The lowest BCUT2D eigenvalue weighted by atomic mass is 9.93. The molecule has 2 aromatic rings. The number of nitrogens with one attached hydrogen (secondary N) is 1. The van der Waals surface area contributed by atoms with E-state index in [4.69, 9.17) is 9.88 Å². The highest BCUT2D eigenvalue weighted by molar-refractivity contribution is 7.89. The van der Waals surface area contributed by atoms with Crippen LogP contribution >= 0.6 is 0 Å². The van der Waals surface area contributed by atoms with E-state index in [2.05, 4.69) is 5.32 Å². The number of benzene rings is 2. The molecule has 0 saturated carbocycles. The lowest BCUT2D eigenvalue weighted by molar-refractivity contribution is -0.129. The summed E-state index contributed by atoms with van der Waals surface area (Å²) in [7, 11) is -2.70. The van der Waals surface area contributed by atoms with Gasteiger partial charge in [-0.1, -0.05) is 24.3 Å². The van der Waals surface area contributed by atoms with Crippen LogP contribution < -0.4 is 15.2 Å². The average Bonchev–Trinajstić information content (AvgIpc) is 2.67. The third kappa shape index (κ3) is 4.47. The van der Waals surface area contributed by atoms with Crippen molar-refractivity contribution in [2.24, 2.45) is 5.14 Å². The van der Waals surface area contributed by atoms with Crippen molar-refractivity contribution in [1.82, 2.24) is 4.90 Å². The van der Waals surface area contributed by atoms with Gasteiger partial charge >= 0.3 is 0 Å². The van der Waals surface area contributed by atoms with E-state index in [9.17, 15) is 18.0 Å². The molecule has 152 valence electrons. The molecular weight excluding hydrogens is 394 g/mol. The molecule has 0 unspecified atom stereocenters. The molecule has 1 atom stereocenters. The van der Waals surface area contributed by atoms with Gasteiger partial charge in [0.1, 0.15) is 10.6 Å². The predicted molar refractivity (Wildman–Crippen MR) is 108 cm³/mol. The highest BCUT2D eigenvalue weighted by atomic mass is 32.2. The molecule has 0 aromatic heterocycles. The molecule has 2 amide bonds. The summed E-state index contributed by atoms with van der Waals surface area (Å²) in [4.78, 5) is 26.0. The van der Waals surface area contributed by atoms with E-state index in [-0.39, 0.29) is 34.6 Å². The van der Waals surface area contributed by atoms with Gasteiger partial charge in [-0.3, -0.25) is 9.59 Å². The summed E-state index contributed by atoms with van der Waals surface area (Å²) in [5, 5.41) is 7.88. The van der Waals surface area contributed by atoms with Gasteiger partial charge in [-0.05, 0) is 35.4 Å². The number of carbonyl (C=O) groups is 2. The van der Waals surface area contributed by atoms with E-state index in [0.717, 1.165) is 11.1 Å². The monoisotopic (exact) mass is 415 g/mol. The molecule has 2 aromatic carbocycles. The molecular formula is C20H21N3O5S. The van der Waals surface area contributed by atoms with Crippen LogP contribution in [0.2, 0.25) is 0 Å². The van der Waals surface area contributed by atoms with E-state index in [1.807, 2.05) is 30.3 Å². The summed E-state index contributed by atoms with van der Waals surface area (Å²) < 4.78 is 28.5. The van der Waals surface area contributed by atoms with E-state index < -0.39 is 16.1 Å². The maximum Gasteiger partial charge on any atom is 0.241 e. The molecule has 0 fully saturated rings. The van der Waals surface area contributed by atoms with Crippen LogP contribution in [0.4, 0.5) is 5.69 Å². The number of hydrogen-bond acceptors (Lipinski definition) is 5. The standard InChI is InChI=1S/C20H21N3O5S/c1-13(24)23-10-9-14-5-3-4-6-16(14)17(23)12-20(25)22-15-7-8-18(28-2)19(11-15)29(21,26)27/h3-11,17H,12H2,1-2H3,(H,22,25)(H2,21,26,27)/t17-/m1/s1. The van der Waals surface area contributed by atoms with Crippen LogP contribution in [0.25, 0.3) is 6.08 Å². The number of primary sulfonamides is 1. The minimum absolute atomic E-state index is 0.00231. The Balaban J connectivity index is 1.85. The number of nitrogens with zero attached hydrogens (tertiary/aromatic N) is 1. The largest absolute Gasteiger partial charge is 0.495 e. The Morgan fingerprint density at radius 2 is 1.93 bits per heavy atom. The Hall–Kier alpha value is -3.17. The van der Waals surface area contributed by atoms with Crippen LogP contribution in [-0.4, -0.2) is 32.2 Å². The first-order valence-electron chi connectivity index (χ1n) is 8.77. The van der Waals surface area contributed by atoms with Gasteiger partial charge in [-0.25, -0.2) is 13.6 Å². The minimum Gasteiger partial charge on any atom is -0.495 e. The number of carbonyl (C=O) groups excluding carboxylic acids is 2. The fourth-order valence-corrected chi connectivity index (χ4v) is 4.00. The predicted octanol–water partition coefficient (Wildman–Crippen LogP) is 2.25. The molecule has 3 N–H and O–H groups in total. The second-order valence-electron chi connectivity index (χ2n) is 6.55. The zero-order valence-electron chi connectivity index (χ0n) is 16.0. The van der Waals surface area contributed by atoms with Crippen molar-refractivity contribution in [1.29, 1.82) is 0 Å². The van der Waals surface area contributed by atoms with Crippen molar-refractivity contribution in [3.8, 4) is 5.75 Å². The Kier molecular flexibility index (Phi) is 5.71. The zero-order valence-corrected chi connectivity index (χ0v) is 16.8. The smallest absolute Gasteiger partial charge is 0.241 e. The van der Waals surface area contributed by atoms with Gasteiger partial charge in [0, 0.05) is 18.8 Å². The highest BCUT2D eigenvalue weighted by Crippen LogP contribution is 2.33. The van der Waals surface area contributed by atoms with Gasteiger partial charge in [-0.2, -0.15) is 0 Å². The molecule has 1 heterocycles. The van der Waals surface area contributed by atoms with E-state index >= 15 is 0 Å². The number of methoxy groups -OCH3 is 1. The molecule has 0 bridgehead atoms. The van der Waals surface area contributed by atoms with Crippen molar-refractivity contribution in [3.63, 3.8) is 0 Å². The van der Waals surface area contributed by atoms with Gasteiger partial charge < -0.3 is 15.0 Å². The van der Waals surface area contributed by atoms with Crippen LogP contribution in [0.5, 0.6) is 5.75 Å². The Labute approximate surface area is 169 Å². The van der Waals surface area contributed by atoms with Crippen LogP contribution in [-0.2, 0) is 19.6 Å².